The van der Waals surface area contributed by atoms with Crippen LogP contribution in [0.5, 0.6) is 0 Å². The Bertz CT molecular complexity index is 1230. The largest absolute Gasteiger partial charge is 0.480 e. The Hall–Kier alpha value is -3.58. The normalized spacial score (nSPS) is 19.7. The van der Waals surface area contributed by atoms with Crippen molar-refractivity contribution in [2.24, 2.45) is 5.16 Å². The Kier molecular flexibility index (Phi) is 7.26. The van der Waals surface area contributed by atoms with Crippen molar-refractivity contribution in [2.45, 2.75) is 23.1 Å². The molecule has 0 radical (unpaired) electrons. The van der Waals surface area contributed by atoms with Gasteiger partial charge >= 0.3 is 11.9 Å². The van der Waals surface area contributed by atoms with Gasteiger partial charge in [-0.05, 0) is 27.5 Å². The van der Waals surface area contributed by atoms with Gasteiger partial charge in [-0.25, -0.2) is 9.48 Å². The minimum Gasteiger partial charge on any atom is -0.480 e. The highest BCUT2D eigenvalue weighted by molar-refractivity contribution is 8.01. The molecule has 1 saturated heterocycles. The molecule has 3 N–H and O–H groups in total. The van der Waals surface area contributed by atoms with Gasteiger partial charge in [-0.3, -0.25) is 19.3 Å². The quantitative estimate of drug-likeness (QED) is 0.135. The van der Waals surface area contributed by atoms with Crippen molar-refractivity contribution in [3.63, 3.8) is 0 Å². The number of carbonyl (C=O) groups excluding carboxylic acids is 2. The number of β-lactam (4-membered cyclic amide) rings is 1. The Balaban J connectivity index is 1.48. The molecule has 2 amide bonds. The molecular formula is C16H15N9O7S3. The van der Waals surface area contributed by atoms with Crippen LogP contribution in [0.2, 0.25) is 0 Å². The number of hydrogen-bond acceptors (Lipinski definition) is 14. The van der Waals surface area contributed by atoms with Gasteiger partial charge in [0, 0.05) is 16.9 Å². The van der Waals surface area contributed by atoms with Crippen molar-refractivity contribution in [3.8, 4) is 0 Å². The lowest BCUT2D eigenvalue weighted by Crippen LogP contribution is -2.71. The third kappa shape index (κ3) is 4.95. The van der Waals surface area contributed by atoms with Gasteiger partial charge in [-0.2, -0.15) is 0 Å². The number of carboxylic acid groups (broad SMARTS) is 2. The maximum Gasteiger partial charge on any atom is 0.352 e. The summed E-state index contributed by atoms with van der Waals surface area (Å²) in [5, 5.41) is 40.6. The molecule has 0 bridgehead atoms. The van der Waals surface area contributed by atoms with Crippen LogP contribution in [0.25, 0.3) is 0 Å². The van der Waals surface area contributed by atoms with E-state index in [0.29, 0.717) is 5.57 Å². The number of carbonyl (C=O) groups is 4. The van der Waals surface area contributed by atoms with Crippen molar-refractivity contribution in [3.05, 3.63) is 22.3 Å². The van der Waals surface area contributed by atoms with Crippen LogP contribution in [0, 0.1) is 0 Å². The molecule has 0 aliphatic carbocycles. The van der Waals surface area contributed by atoms with Crippen LogP contribution in [0.1, 0.15) is 5.69 Å². The molecule has 2 aliphatic heterocycles. The average molecular weight is 542 g/mol. The molecule has 19 heteroatoms. The summed E-state index contributed by atoms with van der Waals surface area (Å²) in [6.07, 6.45) is 0. The zero-order chi connectivity index (χ0) is 25.1. The molecule has 2 atom stereocenters. The van der Waals surface area contributed by atoms with E-state index in [0.717, 1.165) is 32.9 Å². The fraction of sp³-hybridized carbons (Fsp3) is 0.375. The van der Waals surface area contributed by atoms with Crippen LogP contribution in [0.4, 0.5) is 0 Å². The predicted molar refractivity (Wildman–Crippen MR) is 119 cm³/mol. The van der Waals surface area contributed by atoms with Gasteiger partial charge in [0.05, 0.1) is 0 Å². The standard InChI is InChI=1S/C16H15N9O7S3/c1-32-20-9(7-5-35-23-18-7)12(28)17-10-13(29)25-11(15(30)31)6(3-33-14(10)25)4-34-16-19-21-22-24(16)2-8(26)27/h5,10,14H,2-4H2,1H3,(H,17,28)(H,26,27)(H,30,31)/b20-9+/t10?,14-/m1/s1. The van der Waals surface area contributed by atoms with Crippen LogP contribution in [-0.2, 0) is 30.6 Å². The summed E-state index contributed by atoms with van der Waals surface area (Å²) in [5.41, 5.74) is 0.244. The number of nitrogens with zero attached hydrogens (tertiary/aromatic N) is 8. The lowest BCUT2D eigenvalue weighted by Gasteiger charge is -2.49. The Labute approximate surface area is 207 Å². The second kappa shape index (κ2) is 10.4. The Morgan fingerprint density at radius 3 is 2.80 bits per heavy atom. The minimum absolute atomic E-state index is 0.115. The van der Waals surface area contributed by atoms with E-state index < -0.39 is 41.7 Å². The summed E-state index contributed by atoms with van der Waals surface area (Å²) >= 11 is 3.33. The molecule has 4 rings (SSSR count). The van der Waals surface area contributed by atoms with Crippen molar-refractivity contribution in [1.82, 2.24) is 40.0 Å². The SMILES string of the molecule is CO/N=C(/C(=O)NC1C(=O)N2C(C(=O)O)=C(CSc3nnnn3CC(=O)O)CS[C@H]12)c1csnn1. The van der Waals surface area contributed by atoms with Gasteiger partial charge in [0.2, 0.25) is 5.16 Å². The zero-order valence-corrected chi connectivity index (χ0v) is 20.0. The van der Waals surface area contributed by atoms with Gasteiger partial charge in [0.15, 0.2) is 5.71 Å². The second-order valence-corrected chi connectivity index (χ2v) is 9.49. The molecule has 0 saturated carbocycles. The van der Waals surface area contributed by atoms with Crippen LogP contribution in [0.15, 0.2) is 27.0 Å². The summed E-state index contributed by atoms with van der Waals surface area (Å²) in [7, 11) is 1.25. The van der Waals surface area contributed by atoms with Crippen LogP contribution in [0.3, 0.4) is 0 Å². The molecule has 1 unspecified atom stereocenters. The number of oxime groups is 1. The van der Waals surface area contributed by atoms with E-state index in [-0.39, 0.29) is 33.8 Å². The minimum atomic E-state index is -1.30. The van der Waals surface area contributed by atoms with Gasteiger partial charge in [-0.1, -0.05) is 21.4 Å². The molecule has 1 fully saturated rings. The number of aromatic nitrogens is 6. The first kappa shape index (κ1) is 24.5. The number of amides is 2. The number of thioether (sulfide) groups is 2. The molecule has 2 aromatic rings. The third-order valence-corrected chi connectivity index (χ3v) is 7.58. The fourth-order valence-corrected chi connectivity index (χ4v) is 6.05. The molecule has 0 spiro atoms. The number of fused-ring (bicyclic) bond motifs is 1. The van der Waals surface area contributed by atoms with Crippen molar-refractivity contribution in [1.29, 1.82) is 0 Å². The monoisotopic (exact) mass is 541 g/mol. The molecule has 2 aromatic heterocycles. The van der Waals surface area contributed by atoms with Gasteiger partial charge in [-0.15, -0.1) is 22.0 Å². The first-order chi connectivity index (χ1) is 16.8. The van der Waals surface area contributed by atoms with Crippen molar-refractivity contribution >= 4 is 64.5 Å². The summed E-state index contributed by atoms with van der Waals surface area (Å²) in [4.78, 5) is 54.3. The maximum atomic E-state index is 12.9. The van der Waals surface area contributed by atoms with Crippen LogP contribution in [-0.4, -0.2) is 104 Å². The van der Waals surface area contributed by atoms with Gasteiger partial charge in [0.25, 0.3) is 11.8 Å². The topological polar surface area (TPSA) is 215 Å². The van der Waals surface area contributed by atoms with E-state index in [1.165, 1.54) is 24.3 Å². The lowest BCUT2D eigenvalue weighted by molar-refractivity contribution is -0.150. The Morgan fingerprint density at radius 1 is 1.34 bits per heavy atom. The first-order valence-corrected chi connectivity index (χ1v) is 12.4. The van der Waals surface area contributed by atoms with E-state index in [1.54, 1.807) is 0 Å². The van der Waals surface area contributed by atoms with Crippen molar-refractivity contribution < 1.29 is 34.2 Å². The fourth-order valence-electron chi connectivity index (χ4n) is 3.25. The highest BCUT2D eigenvalue weighted by Crippen LogP contribution is 2.41. The zero-order valence-electron chi connectivity index (χ0n) is 17.6. The highest BCUT2D eigenvalue weighted by atomic mass is 32.2. The van der Waals surface area contributed by atoms with E-state index in [2.05, 4.69) is 35.6 Å². The van der Waals surface area contributed by atoms with Crippen molar-refractivity contribution in [2.75, 3.05) is 18.6 Å². The number of carboxylic acids is 2. The number of rotatable bonds is 10. The summed E-state index contributed by atoms with van der Waals surface area (Å²) < 4.78 is 4.75. The van der Waals surface area contributed by atoms with Crippen LogP contribution < -0.4 is 5.32 Å². The van der Waals surface area contributed by atoms with E-state index in [9.17, 15) is 24.3 Å². The molecule has 35 heavy (non-hydrogen) atoms. The number of nitrogens with one attached hydrogen (secondary N) is 1. The van der Waals surface area contributed by atoms with Gasteiger partial charge < -0.3 is 20.4 Å². The molecule has 4 heterocycles. The molecule has 184 valence electrons. The summed E-state index contributed by atoms with van der Waals surface area (Å²) in [6, 6.07) is -0.979. The highest BCUT2D eigenvalue weighted by Gasteiger charge is 2.54. The van der Waals surface area contributed by atoms with E-state index >= 15 is 0 Å². The first-order valence-electron chi connectivity index (χ1n) is 9.52. The predicted octanol–water partition coefficient (Wildman–Crippen LogP) is -1.51. The number of aliphatic carboxylic acids is 2. The Morgan fingerprint density at radius 2 is 2.14 bits per heavy atom. The van der Waals surface area contributed by atoms with E-state index in [1.807, 2.05) is 0 Å². The van der Waals surface area contributed by atoms with E-state index in [4.69, 9.17) is 9.94 Å². The molecular weight excluding hydrogens is 526 g/mol. The average Bonchev–Trinajstić information content (AvgIpc) is 3.50. The maximum absolute atomic E-state index is 12.9. The molecule has 2 aliphatic rings. The number of hydrogen-bond donors (Lipinski definition) is 3. The summed E-state index contributed by atoms with van der Waals surface area (Å²) in [6.45, 7) is -0.450. The third-order valence-electron chi connectivity index (χ3n) is 4.70. The van der Waals surface area contributed by atoms with Crippen LogP contribution >= 0.6 is 35.1 Å². The second-order valence-electron chi connectivity index (χ2n) is 6.83. The lowest BCUT2D eigenvalue weighted by atomic mass is 10.0. The smallest absolute Gasteiger partial charge is 0.352 e. The molecule has 0 aromatic carbocycles. The molecule has 16 nitrogen and oxygen atoms in total. The summed E-state index contributed by atoms with van der Waals surface area (Å²) in [5.74, 6) is -3.38. The number of tetrazole rings is 1. The van der Waals surface area contributed by atoms with Gasteiger partial charge in [0.1, 0.15) is 36.5 Å².